The number of carbonyl (C=O) groups is 4. The molecular weight excluding hydrogens is 560 g/mol. The van der Waals surface area contributed by atoms with Gasteiger partial charge in [0, 0.05) is 11.2 Å². The van der Waals surface area contributed by atoms with Crippen LogP contribution < -0.4 is 20.6 Å². The van der Waals surface area contributed by atoms with Gasteiger partial charge in [0.1, 0.15) is 5.92 Å². The molecule has 2 heterocycles. The van der Waals surface area contributed by atoms with E-state index in [-0.39, 0.29) is 17.9 Å². The number of nitrogens with one attached hydrogen (secondary N) is 2. The van der Waals surface area contributed by atoms with Crippen molar-refractivity contribution < 1.29 is 29.1 Å². The highest BCUT2D eigenvalue weighted by molar-refractivity contribution is 6.24. The van der Waals surface area contributed by atoms with Crippen LogP contribution in [0.5, 0.6) is 0 Å². The molecule has 0 radical (unpaired) electrons. The summed E-state index contributed by atoms with van der Waals surface area (Å²) in [4.78, 5) is 58.9. The summed E-state index contributed by atoms with van der Waals surface area (Å²) in [5.74, 6) is -2.82. The van der Waals surface area contributed by atoms with E-state index in [9.17, 15) is 24.3 Å². The minimum atomic E-state index is -1.08. The zero-order chi connectivity index (χ0) is 32.0. The van der Waals surface area contributed by atoms with E-state index in [1.54, 1.807) is 41.5 Å². The Morgan fingerprint density at radius 1 is 0.864 bits per heavy atom. The van der Waals surface area contributed by atoms with E-state index in [0.717, 1.165) is 16.0 Å². The quantitative estimate of drug-likeness (QED) is 0.316. The first-order valence-electron chi connectivity index (χ1n) is 14.6. The Labute approximate surface area is 257 Å². The standard InChI is InChI=1S/C34H38N4O6/c1-33(2,3)22-12-16-24(17-13-22)38-28(21-10-14-23(15-11-21)35-32(43)36-34(4,5)6)27-29(44-38)31(42)37(30(27)41)25-9-7-8-20(18-25)19-26(39)40/h7-18,27-29H,19H2,1-6H3,(H,39,40)(H2,35,36,43)/t27-,28+,29+/m0/s1. The van der Waals surface area contributed by atoms with Crippen molar-refractivity contribution in [1.82, 2.24) is 5.32 Å². The van der Waals surface area contributed by atoms with Crippen molar-refractivity contribution in [3.8, 4) is 0 Å². The fourth-order valence-electron chi connectivity index (χ4n) is 5.59. The van der Waals surface area contributed by atoms with Crippen molar-refractivity contribution in [2.75, 3.05) is 15.3 Å². The Balaban J connectivity index is 1.49. The number of carboxylic acid groups (broad SMARTS) is 1. The fraction of sp³-hybridized carbons (Fsp3) is 0.353. The Kier molecular flexibility index (Phi) is 7.98. The molecule has 0 bridgehead atoms. The van der Waals surface area contributed by atoms with E-state index >= 15 is 0 Å². The smallest absolute Gasteiger partial charge is 0.319 e. The van der Waals surface area contributed by atoms with Crippen LogP contribution in [0.15, 0.2) is 72.8 Å². The lowest BCUT2D eigenvalue weighted by Gasteiger charge is -2.29. The number of rotatable bonds is 6. The maximum atomic E-state index is 14.0. The third-order valence-corrected chi connectivity index (χ3v) is 7.63. The lowest BCUT2D eigenvalue weighted by Crippen LogP contribution is -2.43. The van der Waals surface area contributed by atoms with Gasteiger partial charge < -0.3 is 15.7 Å². The number of imide groups is 1. The molecule has 0 aromatic heterocycles. The SMILES string of the molecule is CC(C)(C)NC(=O)Nc1ccc([C@@H]2[C@@H]3C(=O)N(c4cccc(CC(=O)O)c4)C(=O)[C@@H]3ON2c2ccc(C(C)(C)C)cc2)cc1. The summed E-state index contributed by atoms with van der Waals surface area (Å²) in [6.45, 7) is 12.0. The lowest BCUT2D eigenvalue weighted by atomic mass is 9.87. The summed E-state index contributed by atoms with van der Waals surface area (Å²) in [6, 6.07) is 20.4. The average molecular weight is 599 g/mol. The molecule has 2 fully saturated rings. The van der Waals surface area contributed by atoms with Crippen LogP contribution >= 0.6 is 0 Å². The monoisotopic (exact) mass is 598 g/mol. The van der Waals surface area contributed by atoms with Crippen LogP contribution in [0.4, 0.5) is 21.9 Å². The largest absolute Gasteiger partial charge is 0.481 e. The second kappa shape index (κ2) is 11.4. The normalized spacial score (nSPS) is 20.1. The number of hydroxylamine groups is 1. The molecule has 0 saturated carbocycles. The van der Waals surface area contributed by atoms with Gasteiger partial charge in [0.15, 0.2) is 6.10 Å². The number of nitrogens with zero attached hydrogens (tertiary/aromatic N) is 2. The molecule has 44 heavy (non-hydrogen) atoms. The average Bonchev–Trinajstić information content (AvgIpc) is 3.43. The van der Waals surface area contributed by atoms with Crippen LogP contribution in [0.1, 0.15) is 64.3 Å². The Morgan fingerprint density at radius 2 is 1.52 bits per heavy atom. The molecule has 3 N–H and O–H groups in total. The van der Waals surface area contributed by atoms with E-state index in [0.29, 0.717) is 22.6 Å². The van der Waals surface area contributed by atoms with Crippen molar-refractivity contribution in [2.24, 2.45) is 5.92 Å². The first-order chi connectivity index (χ1) is 20.6. The van der Waals surface area contributed by atoms with Crippen molar-refractivity contribution >= 4 is 40.9 Å². The second-order valence-corrected chi connectivity index (χ2v) is 13.3. The highest BCUT2D eigenvalue weighted by Gasteiger charge is 2.60. The van der Waals surface area contributed by atoms with Crippen molar-refractivity contribution in [2.45, 2.75) is 71.1 Å². The van der Waals surface area contributed by atoms with Gasteiger partial charge in [-0.3, -0.25) is 19.2 Å². The summed E-state index contributed by atoms with van der Waals surface area (Å²) in [5, 5.41) is 16.5. The highest BCUT2D eigenvalue weighted by Crippen LogP contribution is 2.48. The molecule has 5 rings (SSSR count). The molecule has 230 valence electrons. The molecule has 10 nitrogen and oxygen atoms in total. The zero-order valence-electron chi connectivity index (χ0n) is 25.8. The Morgan fingerprint density at radius 3 is 2.11 bits per heavy atom. The van der Waals surface area contributed by atoms with Crippen LogP contribution in [0, 0.1) is 5.92 Å². The first-order valence-corrected chi connectivity index (χ1v) is 14.6. The van der Waals surface area contributed by atoms with Gasteiger partial charge in [0.2, 0.25) is 5.91 Å². The number of carbonyl (C=O) groups excluding carboxylic acids is 3. The molecule has 2 saturated heterocycles. The fourth-order valence-corrected chi connectivity index (χ4v) is 5.59. The van der Waals surface area contributed by atoms with Crippen molar-refractivity contribution in [3.05, 3.63) is 89.5 Å². The van der Waals surface area contributed by atoms with E-state index in [2.05, 4.69) is 31.4 Å². The van der Waals surface area contributed by atoms with Gasteiger partial charge in [-0.15, -0.1) is 0 Å². The van der Waals surface area contributed by atoms with Gasteiger partial charge >= 0.3 is 12.0 Å². The lowest BCUT2D eigenvalue weighted by molar-refractivity contribution is -0.136. The van der Waals surface area contributed by atoms with Crippen LogP contribution in [-0.4, -0.2) is 40.6 Å². The maximum Gasteiger partial charge on any atom is 0.319 e. The number of hydrogen-bond donors (Lipinski definition) is 3. The number of carboxylic acids is 1. The molecule has 4 amide bonds. The van der Waals surface area contributed by atoms with Crippen LogP contribution in [0.2, 0.25) is 0 Å². The topological polar surface area (TPSA) is 128 Å². The number of hydrogen-bond acceptors (Lipinski definition) is 6. The third-order valence-electron chi connectivity index (χ3n) is 7.63. The molecular formula is C34H38N4O6. The maximum absolute atomic E-state index is 14.0. The molecule has 2 aliphatic rings. The summed E-state index contributed by atoms with van der Waals surface area (Å²) in [7, 11) is 0. The van der Waals surface area contributed by atoms with Crippen molar-refractivity contribution in [1.29, 1.82) is 0 Å². The highest BCUT2D eigenvalue weighted by atomic mass is 16.7. The number of aliphatic carboxylic acids is 1. The molecule has 0 unspecified atom stereocenters. The summed E-state index contributed by atoms with van der Waals surface area (Å²) in [6.07, 6.45) is -1.31. The molecule has 3 aromatic carbocycles. The van der Waals surface area contributed by atoms with E-state index in [1.165, 1.54) is 0 Å². The van der Waals surface area contributed by atoms with Gasteiger partial charge in [0.05, 0.1) is 23.8 Å². The molecule has 3 aromatic rings. The summed E-state index contributed by atoms with van der Waals surface area (Å²) in [5.41, 5.74) is 3.42. The number of benzene rings is 3. The van der Waals surface area contributed by atoms with Crippen LogP contribution in [-0.2, 0) is 31.1 Å². The molecule has 0 aliphatic carbocycles. The van der Waals surface area contributed by atoms with E-state index < -0.39 is 41.4 Å². The predicted molar refractivity (Wildman–Crippen MR) is 167 cm³/mol. The number of urea groups is 1. The van der Waals surface area contributed by atoms with E-state index in [1.807, 2.05) is 57.2 Å². The van der Waals surface area contributed by atoms with E-state index in [4.69, 9.17) is 4.84 Å². The van der Waals surface area contributed by atoms with Crippen LogP contribution in [0.3, 0.4) is 0 Å². The minimum Gasteiger partial charge on any atom is -0.481 e. The second-order valence-electron chi connectivity index (χ2n) is 13.3. The Hall–Kier alpha value is -4.70. The van der Waals surface area contributed by atoms with Gasteiger partial charge in [-0.05, 0) is 79.3 Å². The van der Waals surface area contributed by atoms with Gasteiger partial charge in [0.25, 0.3) is 5.91 Å². The van der Waals surface area contributed by atoms with Gasteiger partial charge in [-0.1, -0.05) is 57.2 Å². The number of amides is 4. The third kappa shape index (κ3) is 6.30. The van der Waals surface area contributed by atoms with Gasteiger partial charge in [-0.2, -0.15) is 0 Å². The van der Waals surface area contributed by atoms with Crippen molar-refractivity contribution in [3.63, 3.8) is 0 Å². The van der Waals surface area contributed by atoms with Crippen LogP contribution in [0.25, 0.3) is 0 Å². The van der Waals surface area contributed by atoms with Gasteiger partial charge in [-0.25, -0.2) is 14.8 Å². The summed E-state index contributed by atoms with van der Waals surface area (Å²) < 4.78 is 0. The molecule has 2 aliphatic heterocycles. The molecule has 10 heteroatoms. The molecule has 3 atom stereocenters. The Bertz CT molecular complexity index is 1590. The number of anilines is 3. The zero-order valence-corrected chi connectivity index (χ0v) is 25.8. The minimum absolute atomic E-state index is 0.0654. The summed E-state index contributed by atoms with van der Waals surface area (Å²) >= 11 is 0. The predicted octanol–water partition coefficient (Wildman–Crippen LogP) is 5.58. The number of fused-ring (bicyclic) bond motifs is 1. The molecule has 0 spiro atoms. The first kappa shape index (κ1) is 30.7.